The minimum Gasteiger partial charge on any atom is -0.352 e. The number of benzene rings is 2. The Morgan fingerprint density at radius 3 is 2.07 bits per heavy atom. The first kappa shape index (κ1) is 22.2. The van der Waals surface area contributed by atoms with Gasteiger partial charge in [-0.25, -0.2) is 0 Å². The molecule has 2 amide bonds. The summed E-state index contributed by atoms with van der Waals surface area (Å²) >= 11 is 3.43. The van der Waals surface area contributed by atoms with Crippen molar-refractivity contribution in [1.82, 2.24) is 10.2 Å². The van der Waals surface area contributed by atoms with E-state index in [-0.39, 0.29) is 24.3 Å². The zero-order valence-corrected chi connectivity index (χ0v) is 18.8. The van der Waals surface area contributed by atoms with E-state index in [4.69, 9.17) is 0 Å². The van der Waals surface area contributed by atoms with Crippen molar-refractivity contribution in [3.63, 3.8) is 0 Å². The largest absolute Gasteiger partial charge is 0.352 e. The molecule has 0 aromatic heterocycles. The molecular weight excluding hydrogens is 416 g/mol. The molecule has 0 aliphatic heterocycles. The molecule has 0 fully saturated rings. The molecule has 2 aromatic carbocycles. The zero-order valence-electron chi connectivity index (χ0n) is 17.3. The average Bonchev–Trinajstić information content (AvgIpc) is 2.59. The van der Waals surface area contributed by atoms with Crippen LogP contribution in [0, 0.1) is 13.8 Å². The van der Waals surface area contributed by atoms with Gasteiger partial charge in [0.2, 0.25) is 11.8 Å². The van der Waals surface area contributed by atoms with Crippen molar-refractivity contribution in [3.8, 4) is 0 Å². The average molecular weight is 445 g/mol. The first-order valence-corrected chi connectivity index (χ1v) is 10.4. The van der Waals surface area contributed by atoms with Gasteiger partial charge in [-0.15, -0.1) is 0 Å². The molecular formula is C23H29BrN2O2. The minimum absolute atomic E-state index is 0.0269. The van der Waals surface area contributed by atoms with Crippen LogP contribution in [-0.4, -0.2) is 28.8 Å². The number of nitrogens with zero attached hydrogens (tertiary/aromatic N) is 1. The van der Waals surface area contributed by atoms with Gasteiger partial charge in [-0.3, -0.25) is 9.59 Å². The number of rotatable bonds is 7. The number of hydrogen-bond acceptors (Lipinski definition) is 2. The van der Waals surface area contributed by atoms with E-state index in [0.29, 0.717) is 6.54 Å². The summed E-state index contributed by atoms with van der Waals surface area (Å²) in [7, 11) is 0. The van der Waals surface area contributed by atoms with E-state index in [2.05, 4.69) is 27.3 Å². The Balaban J connectivity index is 2.25. The predicted molar refractivity (Wildman–Crippen MR) is 117 cm³/mol. The number of hydrogen-bond donors (Lipinski definition) is 1. The fourth-order valence-corrected chi connectivity index (χ4v) is 3.49. The first-order chi connectivity index (χ1) is 13.2. The van der Waals surface area contributed by atoms with Gasteiger partial charge in [0, 0.05) is 17.1 Å². The van der Waals surface area contributed by atoms with E-state index < -0.39 is 6.04 Å². The maximum absolute atomic E-state index is 13.2. The highest BCUT2D eigenvalue weighted by Gasteiger charge is 2.26. The highest BCUT2D eigenvalue weighted by Crippen LogP contribution is 2.17. The van der Waals surface area contributed by atoms with Gasteiger partial charge in [-0.1, -0.05) is 57.4 Å². The molecule has 4 nitrogen and oxygen atoms in total. The summed E-state index contributed by atoms with van der Waals surface area (Å²) in [6.45, 7) is 10.1. The third kappa shape index (κ3) is 6.48. The van der Waals surface area contributed by atoms with E-state index >= 15 is 0 Å². The third-order valence-corrected chi connectivity index (χ3v) is 5.03. The Morgan fingerprint density at radius 2 is 1.54 bits per heavy atom. The van der Waals surface area contributed by atoms with Gasteiger partial charge in [0.15, 0.2) is 0 Å². The SMILES string of the molecule is Cc1cc(C)cc(CC(=O)N(Cc2ccc(Br)cc2)[C@H](C)C(=O)NC(C)C)c1. The van der Waals surface area contributed by atoms with Crippen molar-refractivity contribution in [3.05, 3.63) is 69.2 Å². The van der Waals surface area contributed by atoms with Crippen LogP contribution in [0.1, 0.15) is 43.0 Å². The van der Waals surface area contributed by atoms with Gasteiger partial charge in [-0.2, -0.15) is 0 Å². The molecule has 0 aliphatic carbocycles. The summed E-state index contributed by atoms with van der Waals surface area (Å²) < 4.78 is 0.981. The van der Waals surface area contributed by atoms with Crippen LogP contribution in [0.3, 0.4) is 0 Å². The maximum atomic E-state index is 13.2. The fraction of sp³-hybridized carbons (Fsp3) is 0.391. The van der Waals surface area contributed by atoms with Crippen LogP contribution in [-0.2, 0) is 22.6 Å². The van der Waals surface area contributed by atoms with Gasteiger partial charge >= 0.3 is 0 Å². The smallest absolute Gasteiger partial charge is 0.242 e. The monoisotopic (exact) mass is 444 g/mol. The van der Waals surface area contributed by atoms with E-state index in [0.717, 1.165) is 26.7 Å². The third-order valence-electron chi connectivity index (χ3n) is 4.50. The Bertz CT molecular complexity index is 811. The normalized spacial score (nSPS) is 12.0. The second kappa shape index (κ2) is 9.87. The second-order valence-electron chi connectivity index (χ2n) is 7.66. The fourth-order valence-electron chi connectivity index (χ4n) is 3.22. The lowest BCUT2D eigenvalue weighted by molar-refractivity contribution is -0.140. The van der Waals surface area contributed by atoms with E-state index in [1.54, 1.807) is 11.8 Å². The lowest BCUT2D eigenvalue weighted by atomic mass is 10.0. The summed E-state index contributed by atoms with van der Waals surface area (Å²) in [4.78, 5) is 27.4. The van der Waals surface area contributed by atoms with Gasteiger partial charge < -0.3 is 10.2 Å². The van der Waals surface area contributed by atoms with Crippen molar-refractivity contribution in [2.75, 3.05) is 0 Å². The second-order valence-corrected chi connectivity index (χ2v) is 8.58. The van der Waals surface area contributed by atoms with Crippen molar-refractivity contribution >= 4 is 27.7 Å². The molecule has 150 valence electrons. The predicted octanol–water partition coefficient (Wildman–Crippen LogP) is 4.55. The van der Waals surface area contributed by atoms with Gasteiger partial charge in [-0.05, 0) is 57.9 Å². The molecule has 2 aromatic rings. The van der Waals surface area contributed by atoms with Crippen LogP contribution >= 0.6 is 15.9 Å². The molecule has 1 N–H and O–H groups in total. The number of carbonyl (C=O) groups excluding carboxylic acids is 2. The minimum atomic E-state index is -0.551. The van der Waals surface area contributed by atoms with E-state index in [1.165, 1.54) is 0 Å². The first-order valence-electron chi connectivity index (χ1n) is 9.57. The molecule has 28 heavy (non-hydrogen) atoms. The Kier molecular flexibility index (Phi) is 7.81. The van der Waals surface area contributed by atoms with Crippen molar-refractivity contribution in [2.45, 2.75) is 59.7 Å². The molecule has 0 aliphatic rings. The zero-order chi connectivity index (χ0) is 20.8. The number of amides is 2. The molecule has 0 heterocycles. The Morgan fingerprint density at radius 1 is 0.964 bits per heavy atom. The Hall–Kier alpha value is -2.14. The van der Waals surface area contributed by atoms with E-state index in [9.17, 15) is 9.59 Å². The summed E-state index contributed by atoms with van der Waals surface area (Å²) in [6, 6.07) is 13.4. The molecule has 1 atom stereocenters. The molecule has 0 unspecified atom stereocenters. The number of aryl methyl sites for hydroxylation is 2. The summed E-state index contributed by atoms with van der Waals surface area (Å²) in [5, 5.41) is 2.91. The molecule has 0 saturated carbocycles. The van der Waals surface area contributed by atoms with Crippen LogP contribution in [0.5, 0.6) is 0 Å². The van der Waals surface area contributed by atoms with Crippen molar-refractivity contribution in [2.24, 2.45) is 0 Å². The summed E-state index contributed by atoms with van der Waals surface area (Å²) in [6.07, 6.45) is 0.276. The Labute approximate surface area is 176 Å². The van der Waals surface area contributed by atoms with Crippen molar-refractivity contribution < 1.29 is 9.59 Å². The van der Waals surface area contributed by atoms with Crippen LogP contribution in [0.2, 0.25) is 0 Å². The standard InChI is InChI=1S/C23H29BrN2O2/c1-15(2)25-23(28)18(5)26(14-19-6-8-21(24)9-7-19)22(27)13-20-11-16(3)10-17(4)12-20/h6-12,15,18H,13-14H2,1-5H3,(H,25,28)/t18-/m1/s1. The van der Waals surface area contributed by atoms with Crippen LogP contribution in [0.25, 0.3) is 0 Å². The quantitative estimate of drug-likeness (QED) is 0.680. The van der Waals surface area contributed by atoms with Crippen LogP contribution in [0.4, 0.5) is 0 Å². The molecule has 2 rings (SSSR count). The number of nitrogens with one attached hydrogen (secondary N) is 1. The molecule has 0 bridgehead atoms. The van der Waals surface area contributed by atoms with Crippen LogP contribution in [0.15, 0.2) is 46.9 Å². The number of halogens is 1. The summed E-state index contributed by atoms with van der Waals surface area (Å²) in [5.74, 6) is -0.194. The maximum Gasteiger partial charge on any atom is 0.242 e. The highest BCUT2D eigenvalue weighted by molar-refractivity contribution is 9.10. The van der Waals surface area contributed by atoms with E-state index in [1.807, 2.05) is 64.1 Å². The lowest BCUT2D eigenvalue weighted by Gasteiger charge is -2.29. The molecule has 5 heteroatoms. The number of carbonyl (C=O) groups is 2. The molecule has 0 radical (unpaired) electrons. The van der Waals surface area contributed by atoms with Gasteiger partial charge in [0.05, 0.1) is 6.42 Å². The highest BCUT2D eigenvalue weighted by atomic mass is 79.9. The molecule has 0 spiro atoms. The molecule has 0 saturated heterocycles. The lowest BCUT2D eigenvalue weighted by Crippen LogP contribution is -2.49. The van der Waals surface area contributed by atoms with Crippen molar-refractivity contribution in [1.29, 1.82) is 0 Å². The van der Waals surface area contributed by atoms with Gasteiger partial charge in [0.25, 0.3) is 0 Å². The van der Waals surface area contributed by atoms with Crippen LogP contribution < -0.4 is 5.32 Å². The summed E-state index contributed by atoms with van der Waals surface area (Å²) in [5.41, 5.74) is 4.22. The topological polar surface area (TPSA) is 49.4 Å². The van der Waals surface area contributed by atoms with Gasteiger partial charge in [0.1, 0.15) is 6.04 Å².